The van der Waals surface area contributed by atoms with E-state index >= 15 is 0 Å². The summed E-state index contributed by atoms with van der Waals surface area (Å²) < 4.78 is 0. The molecule has 0 aromatic carbocycles. The maximum atomic E-state index is 6.97. The molecule has 0 N–H and O–H groups in total. The highest BCUT2D eigenvalue weighted by atomic mass is 35.5. The van der Waals surface area contributed by atoms with Crippen molar-refractivity contribution in [2.24, 2.45) is 71.0 Å². The second-order valence-corrected chi connectivity index (χ2v) is 9.58. The molecule has 96 valence electrons. The molecule has 14 atom stereocenters. The first-order chi connectivity index (χ1) is 8.80. The van der Waals surface area contributed by atoms with Crippen molar-refractivity contribution in [2.45, 2.75) is 23.6 Å². The van der Waals surface area contributed by atoms with Crippen molar-refractivity contribution >= 4 is 23.2 Å². The number of rotatable bonds is 0. The van der Waals surface area contributed by atoms with Gasteiger partial charge in [-0.1, -0.05) is 0 Å². The van der Waals surface area contributed by atoms with Crippen molar-refractivity contribution in [3.63, 3.8) is 0 Å². The molecule has 0 nitrogen and oxygen atoms in total. The normalized spacial score (nSPS) is 87.0. The minimum absolute atomic E-state index is 0.511. The lowest BCUT2D eigenvalue weighted by atomic mass is 9.60. The standard InChI is InChI=1S/C16H18Cl2/c17-15-6-3-1-2-4-5(3)8-9(6)11-12-10(8)7(4)16(18)14(12)13(11)15/h3-16H,1-2H2/t3-,4+,5?,6-,7-,8?,9+,10-,11+,12-,13-,14+,15+,16-/m1/s1. The van der Waals surface area contributed by atoms with Crippen LogP contribution < -0.4 is 0 Å². The van der Waals surface area contributed by atoms with E-state index in [-0.39, 0.29) is 0 Å². The predicted octanol–water partition coefficient (Wildman–Crippen LogP) is 3.47. The zero-order valence-corrected chi connectivity index (χ0v) is 11.8. The minimum atomic E-state index is 0.511. The van der Waals surface area contributed by atoms with E-state index in [2.05, 4.69) is 0 Å². The maximum Gasteiger partial charge on any atom is 0.0404 e. The van der Waals surface area contributed by atoms with E-state index in [0.29, 0.717) is 10.8 Å². The fraction of sp³-hybridized carbons (Fsp3) is 1.00. The van der Waals surface area contributed by atoms with Gasteiger partial charge >= 0.3 is 0 Å². The summed E-state index contributed by atoms with van der Waals surface area (Å²) in [5.74, 6) is 11.9. The van der Waals surface area contributed by atoms with Gasteiger partial charge in [0.15, 0.2) is 0 Å². The van der Waals surface area contributed by atoms with Gasteiger partial charge in [0.1, 0.15) is 0 Å². The van der Waals surface area contributed by atoms with Crippen LogP contribution in [0.3, 0.4) is 0 Å². The van der Waals surface area contributed by atoms with E-state index in [0.717, 1.165) is 71.0 Å². The highest BCUT2D eigenvalue weighted by Crippen LogP contribution is 2.88. The molecule has 18 heavy (non-hydrogen) atoms. The van der Waals surface area contributed by atoms with Gasteiger partial charge < -0.3 is 0 Å². The van der Waals surface area contributed by atoms with Crippen LogP contribution in [-0.4, -0.2) is 10.8 Å². The molecule has 0 bridgehead atoms. The van der Waals surface area contributed by atoms with E-state index < -0.39 is 0 Å². The van der Waals surface area contributed by atoms with Crippen molar-refractivity contribution in [1.82, 2.24) is 0 Å². The van der Waals surface area contributed by atoms with Gasteiger partial charge in [-0.15, -0.1) is 23.2 Å². The fourth-order valence-electron chi connectivity index (χ4n) is 9.60. The molecule has 0 aromatic rings. The van der Waals surface area contributed by atoms with Crippen LogP contribution >= 0.6 is 23.2 Å². The molecule has 0 spiro atoms. The van der Waals surface area contributed by atoms with E-state index in [4.69, 9.17) is 23.2 Å². The molecule has 7 aliphatic carbocycles. The van der Waals surface area contributed by atoms with Crippen LogP contribution in [-0.2, 0) is 0 Å². The third-order valence-corrected chi connectivity index (χ3v) is 10.3. The summed E-state index contributed by atoms with van der Waals surface area (Å²) in [6.07, 6.45) is 3.00. The monoisotopic (exact) mass is 280 g/mol. The molecule has 2 unspecified atom stereocenters. The third kappa shape index (κ3) is 0.605. The topological polar surface area (TPSA) is 0 Å². The van der Waals surface area contributed by atoms with Crippen LogP contribution in [0.4, 0.5) is 0 Å². The van der Waals surface area contributed by atoms with Gasteiger partial charge in [0.2, 0.25) is 0 Å². The maximum absolute atomic E-state index is 6.97. The molecule has 0 saturated heterocycles. The van der Waals surface area contributed by atoms with E-state index in [9.17, 15) is 0 Å². The molecule has 7 rings (SSSR count). The van der Waals surface area contributed by atoms with Crippen LogP contribution in [0.5, 0.6) is 0 Å². The summed E-state index contributed by atoms with van der Waals surface area (Å²) in [6, 6.07) is 0. The first-order valence-electron chi connectivity index (χ1n) is 8.09. The van der Waals surface area contributed by atoms with Gasteiger partial charge in [-0.25, -0.2) is 0 Å². The Morgan fingerprint density at radius 3 is 1.33 bits per heavy atom. The largest absolute Gasteiger partial charge is 0.122 e. The van der Waals surface area contributed by atoms with Crippen LogP contribution in [0.2, 0.25) is 0 Å². The summed E-state index contributed by atoms with van der Waals surface area (Å²) >= 11 is 13.9. The molecule has 0 aromatic heterocycles. The molecule has 0 aliphatic heterocycles. The van der Waals surface area contributed by atoms with Gasteiger partial charge in [0.25, 0.3) is 0 Å². The summed E-state index contributed by atoms with van der Waals surface area (Å²) in [6.45, 7) is 0. The minimum Gasteiger partial charge on any atom is -0.122 e. The van der Waals surface area contributed by atoms with Crippen molar-refractivity contribution in [1.29, 1.82) is 0 Å². The van der Waals surface area contributed by atoms with Crippen LogP contribution in [0.15, 0.2) is 0 Å². The lowest BCUT2D eigenvalue weighted by Crippen LogP contribution is -2.47. The highest BCUT2D eigenvalue weighted by Gasteiger charge is 2.86. The average molecular weight is 281 g/mol. The highest BCUT2D eigenvalue weighted by molar-refractivity contribution is 6.23. The Bertz CT molecular complexity index is 431. The summed E-state index contributed by atoms with van der Waals surface area (Å²) in [5, 5.41) is 1.02. The van der Waals surface area contributed by atoms with Crippen LogP contribution in [0.1, 0.15) is 12.8 Å². The SMILES string of the molecule is Cl[C@@H]1[C@H]2[C@H]3[C@H](Cl)[C@H]4[C@@H]5C6C7[C@@H](CC[C@@H]74)[C@@H]1[C@@H]6[C@H]2[C@@H]53. The lowest BCUT2D eigenvalue weighted by Gasteiger charge is -2.47. The second-order valence-electron chi connectivity index (χ2n) is 8.57. The van der Waals surface area contributed by atoms with Crippen molar-refractivity contribution in [3.05, 3.63) is 0 Å². The first kappa shape index (κ1) is 9.50. The fourth-order valence-corrected chi connectivity index (χ4v) is 11.0. The number of alkyl halides is 2. The second kappa shape index (κ2) is 2.43. The number of halogens is 2. The average Bonchev–Trinajstić information content (AvgIpc) is 2.98. The van der Waals surface area contributed by atoms with Gasteiger partial charge in [-0.2, -0.15) is 0 Å². The quantitative estimate of drug-likeness (QED) is 0.596. The Labute approximate surface area is 118 Å². The van der Waals surface area contributed by atoms with Gasteiger partial charge in [-0.05, 0) is 83.9 Å². The van der Waals surface area contributed by atoms with E-state index in [1.165, 1.54) is 12.8 Å². The molecule has 7 fully saturated rings. The van der Waals surface area contributed by atoms with Crippen molar-refractivity contribution in [3.8, 4) is 0 Å². The Morgan fingerprint density at radius 2 is 0.833 bits per heavy atom. The Kier molecular flexibility index (Phi) is 1.28. The summed E-state index contributed by atoms with van der Waals surface area (Å²) in [4.78, 5) is 0. The van der Waals surface area contributed by atoms with Gasteiger partial charge in [0, 0.05) is 10.8 Å². The van der Waals surface area contributed by atoms with Gasteiger partial charge in [-0.3, -0.25) is 0 Å². The molecular formula is C16H18Cl2. The summed E-state index contributed by atoms with van der Waals surface area (Å²) in [5.41, 5.74) is 0. The van der Waals surface area contributed by atoms with E-state index in [1.807, 2.05) is 0 Å². The number of hydrogen-bond donors (Lipinski definition) is 0. The zero-order valence-electron chi connectivity index (χ0n) is 10.3. The molecule has 7 aliphatic rings. The summed E-state index contributed by atoms with van der Waals surface area (Å²) in [7, 11) is 0. The Morgan fingerprint density at radius 1 is 0.444 bits per heavy atom. The zero-order chi connectivity index (χ0) is 11.5. The lowest BCUT2D eigenvalue weighted by molar-refractivity contribution is 0.0287. The Hall–Kier alpha value is 0.580. The van der Waals surface area contributed by atoms with Crippen molar-refractivity contribution < 1.29 is 0 Å². The van der Waals surface area contributed by atoms with Crippen LogP contribution in [0.25, 0.3) is 0 Å². The number of fused-ring (bicyclic) bond motifs is 3. The molecule has 0 amide bonds. The Balaban J connectivity index is 1.58. The molecule has 0 heterocycles. The number of hydrogen-bond acceptors (Lipinski definition) is 0. The van der Waals surface area contributed by atoms with Crippen LogP contribution in [0, 0.1) is 71.0 Å². The molecule has 2 heteroatoms. The smallest absolute Gasteiger partial charge is 0.0404 e. The van der Waals surface area contributed by atoms with Gasteiger partial charge in [0.05, 0.1) is 0 Å². The van der Waals surface area contributed by atoms with Crippen molar-refractivity contribution in [2.75, 3.05) is 0 Å². The van der Waals surface area contributed by atoms with E-state index in [1.54, 1.807) is 0 Å². The predicted molar refractivity (Wildman–Crippen MR) is 70.4 cm³/mol. The molecule has 0 radical (unpaired) electrons. The first-order valence-corrected chi connectivity index (χ1v) is 8.96. The third-order valence-electron chi connectivity index (χ3n) is 9.17. The molecular weight excluding hydrogens is 263 g/mol. The molecule has 7 saturated carbocycles.